The van der Waals surface area contributed by atoms with Gasteiger partial charge < -0.3 is 10.4 Å². The summed E-state index contributed by atoms with van der Waals surface area (Å²) >= 11 is 3.46. The average Bonchev–Trinajstić information content (AvgIpc) is 2.63. The number of benzene rings is 1. The van der Waals surface area contributed by atoms with E-state index in [4.69, 9.17) is 0 Å². The van der Waals surface area contributed by atoms with E-state index in [1.54, 1.807) is 0 Å². The van der Waals surface area contributed by atoms with E-state index >= 15 is 0 Å². The van der Waals surface area contributed by atoms with Gasteiger partial charge in [-0.25, -0.2) is 0 Å². The van der Waals surface area contributed by atoms with Gasteiger partial charge in [0.2, 0.25) is 0 Å². The van der Waals surface area contributed by atoms with Gasteiger partial charge in [0, 0.05) is 17.1 Å². The van der Waals surface area contributed by atoms with Crippen LogP contribution in [0.1, 0.15) is 30.4 Å². The fraction of sp³-hybridized carbons (Fsp3) is 0.538. The summed E-state index contributed by atoms with van der Waals surface area (Å²) in [6.45, 7) is 2.97. The third-order valence-corrected chi connectivity index (χ3v) is 3.83. The summed E-state index contributed by atoms with van der Waals surface area (Å²) in [5.41, 5.74) is 2.59. The zero-order valence-corrected chi connectivity index (χ0v) is 11.1. The van der Waals surface area contributed by atoms with E-state index in [2.05, 4.69) is 46.4 Å². The Morgan fingerprint density at radius 2 is 2.25 bits per heavy atom. The van der Waals surface area contributed by atoms with Gasteiger partial charge in [-0.1, -0.05) is 22.0 Å². The lowest BCUT2D eigenvalue weighted by Gasteiger charge is -2.17. The molecule has 2 atom stereocenters. The summed E-state index contributed by atoms with van der Waals surface area (Å²) in [5.74, 6) is 0. The molecule has 0 aromatic heterocycles. The summed E-state index contributed by atoms with van der Waals surface area (Å²) in [4.78, 5) is 0. The van der Waals surface area contributed by atoms with Gasteiger partial charge in [0.1, 0.15) is 0 Å². The van der Waals surface area contributed by atoms with E-state index in [1.807, 2.05) is 0 Å². The molecule has 1 aliphatic rings. The standard InChI is InChI=1S/C13H18BrNO/c1-9-7-11(14)6-5-10(9)8-15-12-3-2-4-13(12)16/h5-7,12-13,15-16H,2-4,8H2,1H3. The number of hydrogen-bond acceptors (Lipinski definition) is 2. The van der Waals surface area contributed by atoms with Gasteiger partial charge in [0.25, 0.3) is 0 Å². The first-order chi connectivity index (χ1) is 7.66. The number of nitrogens with one attached hydrogen (secondary N) is 1. The zero-order chi connectivity index (χ0) is 11.5. The second-order valence-corrected chi connectivity index (χ2v) is 5.47. The van der Waals surface area contributed by atoms with Gasteiger partial charge in [0.15, 0.2) is 0 Å². The van der Waals surface area contributed by atoms with Crippen LogP contribution >= 0.6 is 15.9 Å². The number of halogens is 1. The Hall–Kier alpha value is -0.380. The minimum atomic E-state index is -0.157. The van der Waals surface area contributed by atoms with Crippen molar-refractivity contribution in [3.05, 3.63) is 33.8 Å². The van der Waals surface area contributed by atoms with Crippen LogP contribution in [0.4, 0.5) is 0 Å². The molecule has 16 heavy (non-hydrogen) atoms. The molecular formula is C13H18BrNO. The molecule has 2 nitrogen and oxygen atoms in total. The molecule has 88 valence electrons. The predicted octanol–water partition coefficient (Wildman–Crippen LogP) is 2.76. The number of aliphatic hydroxyl groups is 1. The summed E-state index contributed by atoms with van der Waals surface area (Å²) in [6, 6.07) is 6.60. The summed E-state index contributed by atoms with van der Waals surface area (Å²) in [5, 5.41) is 13.2. The van der Waals surface area contributed by atoms with Crippen molar-refractivity contribution in [1.82, 2.24) is 5.32 Å². The van der Waals surface area contributed by atoms with Crippen molar-refractivity contribution in [3.8, 4) is 0 Å². The molecule has 0 heterocycles. The maximum atomic E-state index is 9.71. The summed E-state index contributed by atoms with van der Waals surface area (Å²) in [6.07, 6.45) is 3.02. The number of aryl methyl sites for hydroxylation is 1. The van der Waals surface area contributed by atoms with Gasteiger partial charge in [-0.15, -0.1) is 0 Å². The lowest BCUT2D eigenvalue weighted by molar-refractivity contribution is 0.148. The number of rotatable bonds is 3. The van der Waals surface area contributed by atoms with Crippen LogP contribution in [0.25, 0.3) is 0 Å². The highest BCUT2D eigenvalue weighted by Gasteiger charge is 2.24. The van der Waals surface area contributed by atoms with Crippen LogP contribution in [0.5, 0.6) is 0 Å². The lowest BCUT2D eigenvalue weighted by Crippen LogP contribution is -2.35. The Labute approximate surface area is 105 Å². The quantitative estimate of drug-likeness (QED) is 0.894. The molecular weight excluding hydrogens is 266 g/mol. The maximum Gasteiger partial charge on any atom is 0.0693 e. The molecule has 1 saturated carbocycles. The van der Waals surface area contributed by atoms with Crippen LogP contribution in [-0.2, 0) is 6.54 Å². The maximum absolute atomic E-state index is 9.71. The molecule has 2 N–H and O–H groups in total. The van der Waals surface area contributed by atoms with Crippen molar-refractivity contribution < 1.29 is 5.11 Å². The SMILES string of the molecule is Cc1cc(Br)ccc1CNC1CCCC1O. The number of hydrogen-bond donors (Lipinski definition) is 2. The van der Waals surface area contributed by atoms with E-state index in [-0.39, 0.29) is 12.1 Å². The fourth-order valence-corrected chi connectivity index (χ4v) is 2.75. The van der Waals surface area contributed by atoms with Crippen molar-refractivity contribution in [1.29, 1.82) is 0 Å². The van der Waals surface area contributed by atoms with Gasteiger partial charge in [-0.05, 0) is 49.4 Å². The zero-order valence-electron chi connectivity index (χ0n) is 9.54. The molecule has 2 rings (SSSR count). The summed E-state index contributed by atoms with van der Waals surface area (Å²) in [7, 11) is 0. The van der Waals surface area contributed by atoms with Crippen molar-refractivity contribution in [3.63, 3.8) is 0 Å². The molecule has 0 saturated heterocycles. The minimum Gasteiger partial charge on any atom is -0.392 e. The Bertz CT molecular complexity index is 367. The third-order valence-electron chi connectivity index (χ3n) is 3.34. The van der Waals surface area contributed by atoms with Crippen molar-refractivity contribution in [2.75, 3.05) is 0 Å². The normalized spacial score (nSPS) is 24.9. The second kappa shape index (κ2) is 5.30. The minimum absolute atomic E-state index is 0.157. The highest BCUT2D eigenvalue weighted by atomic mass is 79.9. The predicted molar refractivity (Wildman–Crippen MR) is 69.4 cm³/mol. The van der Waals surface area contributed by atoms with Gasteiger partial charge in [-0.2, -0.15) is 0 Å². The fourth-order valence-electron chi connectivity index (χ4n) is 2.28. The molecule has 0 aliphatic heterocycles. The van der Waals surface area contributed by atoms with E-state index in [1.165, 1.54) is 11.1 Å². The van der Waals surface area contributed by atoms with Crippen molar-refractivity contribution >= 4 is 15.9 Å². The Morgan fingerprint density at radius 1 is 1.44 bits per heavy atom. The molecule has 1 fully saturated rings. The molecule has 1 aromatic rings. The molecule has 0 radical (unpaired) electrons. The Balaban J connectivity index is 1.94. The largest absolute Gasteiger partial charge is 0.392 e. The van der Waals surface area contributed by atoms with Crippen LogP contribution in [0.3, 0.4) is 0 Å². The van der Waals surface area contributed by atoms with Crippen molar-refractivity contribution in [2.24, 2.45) is 0 Å². The monoisotopic (exact) mass is 283 g/mol. The molecule has 2 unspecified atom stereocenters. The van der Waals surface area contributed by atoms with Crippen LogP contribution in [0.15, 0.2) is 22.7 Å². The summed E-state index contributed by atoms with van der Waals surface area (Å²) < 4.78 is 1.12. The van der Waals surface area contributed by atoms with Gasteiger partial charge in [0.05, 0.1) is 6.10 Å². The van der Waals surface area contributed by atoms with Crippen LogP contribution in [0.2, 0.25) is 0 Å². The average molecular weight is 284 g/mol. The molecule has 0 amide bonds. The number of aliphatic hydroxyl groups excluding tert-OH is 1. The van der Waals surface area contributed by atoms with E-state index in [9.17, 15) is 5.11 Å². The van der Waals surface area contributed by atoms with Crippen molar-refractivity contribution in [2.45, 2.75) is 44.9 Å². The molecule has 1 aromatic carbocycles. The van der Waals surface area contributed by atoms with Crippen LogP contribution in [0, 0.1) is 6.92 Å². The molecule has 0 spiro atoms. The Morgan fingerprint density at radius 3 is 2.88 bits per heavy atom. The van der Waals surface area contributed by atoms with E-state index in [0.717, 1.165) is 30.3 Å². The smallest absolute Gasteiger partial charge is 0.0693 e. The topological polar surface area (TPSA) is 32.3 Å². The van der Waals surface area contributed by atoms with Gasteiger partial charge in [-0.3, -0.25) is 0 Å². The molecule has 3 heteroatoms. The molecule has 0 bridgehead atoms. The van der Waals surface area contributed by atoms with E-state index < -0.39 is 0 Å². The van der Waals surface area contributed by atoms with Crippen LogP contribution in [-0.4, -0.2) is 17.3 Å². The highest BCUT2D eigenvalue weighted by Crippen LogP contribution is 2.20. The van der Waals surface area contributed by atoms with E-state index in [0.29, 0.717) is 0 Å². The highest BCUT2D eigenvalue weighted by molar-refractivity contribution is 9.10. The second-order valence-electron chi connectivity index (χ2n) is 4.56. The van der Waals surface area contributed by atoms with Crippen LogP contribution < -0.4 is 5.32 Å². The third kappa shape index (κ3) is 2.84. The first kappa shape index (κ1) is 12.1. The van der Waals surface area contributed by atoms with Gasteiger partial charge >= 0.3 is 0 Å². The lowest BCUT2D eigenvalue weighted by atomic mass is 10.1. The first-order valence-corrected chi connectivity index (χ1v) is 6.62. The Kier molecular flexibility index (Phi) is 4.00. The molecule has 1 aliphatic carbocycles. The first-order valence-electron chi connectivity index (χ1n) is 5.83.